The molecule has 0 aliphatic carbocycles. The van der Waals surface area contributed by atoms with Gasteiger partial charge in [-0.3, -0.25) is 9.78 Å². The van der Waals surface area contributed by atoms with Gasteiger partial charge in [0, 0.05) is 19.6 Å². The predicted molar refractivity (Wildman–Crippen MR) is 77.2 cm³/mol. The van der Waals surface area contributed by atoms with E-state index >= 15 is 0 Å². The lowest BCUT2D eigenvalue weighted by Crippen LogP contribution is -2.35. The topological polar surface area (TPSA) is 58.1 Å². The lowest BCUT2D eigenvalue weighted by atomic mass is 10.1. The Morgan fingerprint density at radius 3 is 2.68 bits per heavy atom. The van der Waals surface area contributed by atoms with Crippen LogP contribution in [0.5, 0.6) is 0 Å². The summed E-state index contributed by atoms with van der Waals surface area (Å²) in [5.74, 6) is 1.09. The zero-order valence-electron chi connectivity index (χ0n) is 12.3. The fourth-order valence-electron chi connectivity index (χ4n) is 1.76. The number of hydrogen-bond donors (Lipinski definition) is 1. The van der Waals surface area contributed by atoms with Crippen molar-refractivity contribution < 1.29 is 4.79 Å². The molecular weight excluding hydrogens is 240 g/mol. The first-order valence-electron chi connectivity index (χ1n) is 6.97. The summed E-state index contributed by atoms with van der Waals surface area (Å²) in [6.07, 6.45) is 4.22. The van der Waals surface area contributed by atoms with Crippen LogP contribution in [0.15, 0.2) is 12.4 Å². The summed E-state index contributed by atoms with van der Waals surface area (Å²) >= 11 is 0. The second kappa shape index (κ2) is 7.71. The molecule has 1 unspecified atom stereocenters. The highest BCUT2D eigenvalue weighted by Crippen LogP contribution is 2.09. The molecule has 106 valence electrons. The molecule has 1 aromatic heterocycles. The number of nitrogens with one attached hydrogen (secondary N) is 1. The predicted octanol–water partition coefficient (Wildman–Crippen LogP) is 2.42. The van der Waals surface area contributed by atoms with Gasteiger partial charge >= 0.3 is 0 Å². The van der Waals surface area contributed by atoms with Crippen LogP contribution in [-0.2, 0) is 0 Å². The summed E-state index contributed by atoms with van der Waals surface area (Å²) < 4.78 is 0. The van der Waals surface area contributed by atoms with Gasteiger partial charge in [0.1, 0.15) is 11.5 Å². The van der Waals surface area contributed by atoms with E-state index in [2.05, 4.69) is 29.1 Å². The Kier molecular flexibility index (Phi) is 6.25. The van der Waals surface area contributed by atoms with Gasteiger partial charge in [0.05, 0.1) is 12.4 Å². The molecule has 0 bridgehead atoms. The molecule has 0 fully saturated rings. The minimum absolute atomic E-state index is 0.0462. The highest BCUT2D eigenvalue weighted by Gasteiger charge is 2.18. The van der Waals surface area contributed by atoms with Crippen molar-refractivity contribution in [3.8, 4) is 0 Å². The maximum atomic E-state index is 12.4. The molecule has 0 aromatic carbocycles. The number of hydrogen-bond acceptors (Lipinski definition) is 4. The second-order valence-electron chi connectivity index (χ2n) is 4.68. The maximum Gasteiger partial charge on any atom is 0.274 e. The number of carbonyl (C=O) groups is 1. The van der Waals surface area contributed by atoms with Crippen molar-refractivity contribution in [3.05, 3.63) is 18.1 Å². The highest BCUT2D eigenvalue weighted by molar-refractivity contribution is 5.92. The largest absolute Gasteiger partial charge is 0.369 e. The highest BCUT2D eigenvalue weighted by atomic mass is 16.2. The molecule has 1 atom stereocenters. The van der Waals surface area contributed by atoms with Gasteiger partial charge in [0.2, 0.25) is 0 Å². The van der Waals surface area contributed by atoms with Crippen LogP contribution in [0.25, 0.3) is 0 Å². The van der Waals surface area contributed by atoms with Gasteiger partial charge in [0.15, 0.2) is 0 Å². The Labute approximate surface area is 115 Å². The maximum absolute atomic E-state index is 12.4. The van der Waals surface area contributed by atoms with E-state index in [0.717, 1.165) is 19.5 Å². The molecule has 1 amide bonds. The lowest BCUT2D eigenvalue weighted by Gasteiger charge is -2.23. The average molecular weight is 264 g/mol. The van der Waals surface area contributed by atoms with Crippen LogP contribution in [0.4, 0.5) is 5.82 Å². The molecule has 19 heavy (non-hydrogen) atoms. The quantitative estimate of drug-likeness (QED) is 0.821. The minimum atomic E-state index is -0.0462. The van der Waals surface area contributed by atoms with E-state index in [9.17, 15) is 4.79 Å². The number of carbonyl (C=O) groups excluding carboxylic acids is 1. The van der Waals surface area contributed by atoms with Gasteiger partial charge in [-0.2, -0.15) is 0 Å². The van der Waals surface area contributed by atoms with E-state index < -0.39 is 0 Å². The van der Waals surface area contributed by atoms with E-state index in [4.69, 9.17) is 0 Å². The number of anilines is 1. The van der Waals surface area contributed by atoms with E-state index in [1.807, 2.05) is 18.7 Å². The van der Waals surface area contributed by atoms with Crippen molar-refractivity contribution in [2.24, 2.45) is 5.92 Å². The van der Waals surface area contributed by atoms with Crippen molar-refractivity contribution in [1.29, 1.82) is 0 Å². The van der Waals surface area contributed by atoms with Crippen LogP contribution in [0.1, 0.15) is 44.6 Å². The number of amides is 1. The molecule has 0 aliphatic rings. The van der Waals surface area contributed by atoms with E-state index in [1.54, 1.807) is 6.20 Å². The van der Waals surface area contributed by atoms with Crippen LogP contribution in [0.2, 0.25) is 0 Å². The van der Waals surface area contributed by atoms with Gasteiger partial charge in [-0.1, -0.05) is 20.3 Å². The number of nitrogens with zero attached hydrogens (tertiary/aromatic N) is 3. The molecule has 1 rings (SSSR count). The van der Waals surface area contributed by atoms with Crippen LogP contribution in [0, 0.1) is 5.92 Å². The summed E-state index contributed by atoms with van der Waals surface area (Å²) in [6.45, 7) is 10.5. The average Bonchev–Trinajstić information content (AvgIpc) is 2.44. The third kappa shape index (κ3) is 4.50. The van der Waals surface area contributed by atoms with E-state index in [1.165, 1.54) is 6.20 Å². The Morgan fingerprint density at radius 1 is 1.37 bits per heavy atom. The van der Waals surface area contributed by atoms with Crippen molar-refractivity contribution in [2.75, 3.05) is 25.0 Å². The standard InChI is InChI=1S/C14H24N4O/c1-5-11(4)10-18(7-3)14(19)12-8-15-9-13(17-12)16-6-2/h8-9,11H,5-7,10H2,1-4H3,(H,16,17). The molecule has 5 nitrogen and oxygen atoms in total. The molecule has 0 spiro atoms. The van der Waals surface area contributed by atoms with Crippen molar-refractivity contribution in [3.63, 3.8) is 0 Å². The minimum Gasteiger partial charge on any atom is -0.369 e. The van der Waals surface area contributed by atoms with Crippen molar-refractivity contribution in [2.45, 2.75) is 34.1 Å². The van der Waals surface area contributed by atoms with Gasteiger partial charge in [0.25, 0.3) is 5.91 Å². The van der Waals surface area contributed by atoms with Crippen LogP contribution in [-0.4, -0.2) is 40.4 Å². The molecule has 1 heterocycles. The van der Waals surface area contributed by atoms with Crippen molar-refractivity contribution in [1.82, 2.24) is 14.9 Å². The first kappa shape index (κ1) is 15.4. The fourth-order valence-corrected chi connectivity index (χ4v) is 1.76. The monoisotopic (exact) mass is 264 g/mol. The molecule has 0 radical (unpaired) electrons. The first-order valence-corrected chi connectivity index (χ1v) is 6.97. The third-order valence-corrected chi connectivity index (χ3v) is 3.11. The molecule has 1 aromatic rings. The zero-order valence-corrected chi connectivity index (χ0v) is 12.3. The van der Waals surface area contributed by atoms with Gasteiger partial charge in [-0.05, 0) is 19.8 Å². The lowest BCUT2D eigenvalue weighted by molar-refractivity contribution is 0.0734. The third-order valence-electron chi connectivity index (χ3n) is 3.11. The molecule has 5 heteroatoms. The Bertz CT molecular complexity index is 408. The van der Waals surface area contributed by atoms with Crippen LogP contribution in [0.3, 0.4) is 0 Å². The summed E-state index contributed by atoms with van der Waals surface area (Å²) in [7, 11) is 0. The number of rotatable bonds is 7. The fraction of sp³-hybridized carbons (Fsp3) is 0.643. The Hall–Kier alpha value is -1.65. The van der Waals surface area contributed by atoms with E-state index in [0.29, 0.717) is 24.0 Å². The van der Waals surface area contributed by atoms with Gasteiger partial charge < -0.3 is 10.2 Å². The SMILES string of the molecule is CCNc1cncc(C(=O)N(CC)CC(C)CC)n1. The zero-order chi connectivity index (χ0) is 14.3. The normalized spacial score (nSPS) is 12.0. The van der Waals surface area contributed by atoms with Gasteiger partial charge in [-0.25, -0.2) is 4.98 Å². The van der Waals surface area contributed by atoms with Crippen molar-refractivity contribution >= 4 is 11.7 Å². The summed E-state index contributed by atoms with van der Waals surface area (Å²) in [5.41, 5.74) is 0.406. The Balaban J connectivity index is 2.81. The van der Waals surface area contributed by atoms with Gasteiger partial charge in [-0.15, -0.1) is 0 Å². The summed E-state index contributed by atoms with van der Waals surface area (Å²) in [6, 6.07) is 0. The smallest absolute Gasteiger partial charge is 0.274 e. The van der Waals surface area contributed by atoms with Crippen LogP contribution >= 0.6 is 0 Å². The summed E-state index contributed by atoms with van der Waals surface area (Å²) in [5, 5.41) is 3.07. The molecule has 0 saturated heterocycles. The molecular formula is C14H24N4O. The molecule has 0 aliphatic heterocycles. The number of aromatic nitrogens is 2. The molecule has 0 saturated carbocycles. The van der Waals surface area contributed by atoms with E-state index in [-0.39, 0.29) is 5.91 Å². The Morgan fingerprint density at radius 2 is 2.11 bits per heavy atom. The van der Waals surface area contributed by atoms with Crippen LogP contribution < -0.4 is 5.32 Å². The summed E-state index contributed by atoms with van der Waals surface area (Å²) in [4.78, 5) is 22.6. The second-order valence-corrected chi connectivity index (χ2v) is 4.68. The first-order chi connectivity index (χ1) is 9.12. The molecule has 1 N–H and O–H groups in total.